The summed E-state index contributed by atoms with van der Waals surface area (Å²) >= 11 is 12.3. The molecule has 0 radical (unpaired) electrons. The number of unbranched alkanes of at least 4 members (excludes halogenated alkanes) is 12. The predicted molar refractivity (Wildman–Crippen MR) is 337 cm³/mol. The van der Waals surface area contributed by atoms with Gasteiger partial charge in [0.1, 0.15) is 8.07 Å². The number of hydrogen-bond acceptors (Lipinski definition) is 11. The van der Waals surface area contributed by atoms with Crippen LogP contribution in [0.5, 0.6) is 0 Å². The zero-order chi connectivity index (χ0) is 53.4. The molecule has 7 aromatic heterocycles. The molecular weight excluding hydrogens is 1090 g/mol. The maximum Gasteiger partial charge on any atom is 0.263 e. The molecule has 406 valence electrons. The third-order valence-electron chi connectivity index (χ3n) is 17.0. The van der Waals surface area contributed by atoms with Gasteiger partial charge in [0.2, 0.25) is 0 Å². The summed E-state index contributed by atoms with van der Waals surface area (Å²) in [7, 11) is -2.25. The summed E-state index contributed by atoms with van der Waals surface area (Å²) in [5.74, 6) is 0.841. The maximum absolute atomic E-state index is 15.1. The lowest BCUT2D eigenvalue weighted by Gasteiger charge is -2.35. The Hall–Kier alpha value is -3.08. The molecule has 3 aliphatic rings. The molecule has 0 N–H and O–H groups in total. The average molecular weight is 1170 g/mol. The molecule has 2 atom stereocenters. The predicted octanol–water partition coefficient (Wildman–Crippen LogP) is 19.9. The fraction of sp³-hybridized carbons (Fsp3) is 0.548. The summed E-state index contributed by atoms with van der Waals surface area (Å²) < 4.78 is 4.71. The Bertz CT molecular complexity index is 3240. The van der Waals surface area contributed by atoms with Crippen molar-refractivity contribution in [2.75, 3.05) is 13.1 Å². The molecule has 0 aliphatic carbocycles. The van der Waals surface area contributed by atoms with Gasteiger partial charge in [0, 0.05) is 56.6 Å². The molecule has 0 saturated heterocycles. The highest BCUT2D eigenvalue weighted by molar-refractivity contribution is 7.41. The van der Waals surface area contributed by atoms with E-state index in [0.717, 1.165) is 72.7 Å². The maximum atomic E-state index is 15.1. The second-order valence-corrected chi connectivity index (χ2v) is 34.1. The molecule has 7 aromatic rings. The molecule has 10 heterocycles. The number of fused-ring (bicyclic) bond motifs is 8. The van der Waals surface area contributed by atoms with Crippen molar-refractivity contribution in [1.82, 2.24) is 9.80 Å². The number of rotatable bonds is 29. The number of amides is 4. The quantitative estimate of drug-likeness (QED) is 0.0266. The Morgan fingerprint density at radius 3 is 1.34 bits per heavy atom. The van der Waals surface area contributed by atoms with E-state index in [1.165, 1.54) is 140 Å². The van der Waals surface area contributed by atoms with E-state index in [9.17, 15) is 14.4 Å². The SMILES string of the molecule is CCCCCCCCN1C(=O)c2c(C)sc(-c3cc4sc5cc(-c6sc(-c7cc8c(s7)-c7sc(C)cc7[Si]8(CC(CC)CCCC)CC(CC)CCCC)c7c6C(=O)N(CCCCCCCC)C7=O)sc5c4s3)c2C1=O. The van der Waals surface area contributed by atoms with E-state index < -0.39 is 8.07 Å². The summed E-state index contributed by atoms with van der Waals surface area (Å²) in [6.45, 7) is 19.2. The van der Waals surface area contributed by atoms with Crippen LogP contribution in [0.3, 0.4) is 0 Å². The van der Waals surface area contributed by atoms with Crippen LogP contribution in [0.2, 0.25) is 12.1 Å². The number of aryl methyl sites for hydroxylation is 2. The zero-order valence-electron chi connectivity index (χ0n) is 46.3. The van der Waals surface area contributed by atoms with E-state index in [0.29, 0.717) is 47.2 Å². The van der Waals surface area contributed by atoms with Gasteiger partial charge in [-0.05, 0) is 85.3 Å². The van der Waals surface area contributed by atoms with Crippen molar-refractivity contribution in [2.24, 2.45) is 11.8 Å². The Labute approximate surface area is 481 Å². The molecule has 6 nitrogen and oxygen atoms in total. The first-order chi connectivity index (χ1) is 36.9. The van der Waals surface area contributed by atoms with E-state index in [-0.39, 0.29) is 23.6 Å². The number of carbonyl (C=O) groups is 4. The molecule has 76 heavy (non-hydrogen) atoms. The van der Waals surface area contributed by atoms with Crippen LogP contribution in [0.25, 0.3) is 57.8 Å². The lowest BCUT2D eigenvalue weighted by molar-refractivity contribution is 0.0636. The first-order valence-corrected chi connectivity index (χ1v) is 37.3. The van der Waals surface area contributed by atoms with E-state index in [1.807, 2.05) is 29.6 Å². The number of hydrogen-bond donors (Lipinski definition) is 0. The van der Waals surface area contributed by atoms with E-state index in [1.54, 1.807) is 72.0 Å². The van der Waals surface area contributed by atoms with Crippen LogP contribution < -0.4 is 10.4 Å². The van der Waals surface area contributed by atoms with Crippen LogP contribution in [-0.4, -0.2) is 54.6 Å². The van der Waals surface area contributed by atoms with E-state index in [4.69, 9.17) is 0 Å². The summed E-state index contributed by atoms with van der Waals surface area (Å²) in [6, 6.07) is 12.2. The van der Waals surface area contributed by atoms with Crippen molar-refractivity contribution in [2.45, 2.75) is 196 Å². The highest BCUT2D eigenvalue weighted by atomic mass is 32.1. The highest BCUT2D eigenvalue weighted by Crippen LogP contribution is 2.56. The fourth-order valence-corrected chi connectivity index (χ4v) is 29.9. The first kappa shape index (κ1) is 56.2. The van der Waals surface area contributed by atoms with Gasteiger partial charge < -0.3 is 0 Å². The van der Waals surface area contributed by atoms with Crippen molar-refractivity contribution >= 4 is 140 Å². The lowest BCUT2D eigenvalue weighted by atomic mass is 10.0. The fourth-order valence-electron chi connectivity index (χ4n) is 12.8. The standard InChI is InChI=1S/C62H78N2O4S7Si/c1-9-15-19-21-23-25-29-63-59(65)48-38(8)70-52(49(48)60(63)66)41-32-43-55(72-41)56-44(71-43)33-42(73-56)53-50-51(62(68)64(61(50)67)30-26-24-22-20-16-10-2)54(75-53)45-34-47-58(74-45)57-46(31-37(7)69-57)76(47,35-39(13-5)27-17-11-3)36-40(14-6)28-18-12-4/h31-34,39-40H,9-30,35-36H2,1-8H3. The molecule has 14 heteroatoms. The molecule has 10 rings (SSSR count). The topological polar surface area (TPSA) is 74.8 Å². The molecule has 0 aromatic carbocycles. The molecule has 0 saturated carbocycles. The van der Waals surface area contributed by atoms with E-state index in [2.05, 4.69) is 72.7 Å². The Kier molecular flexibility index (Phi) is 18.0. The molecule has 2 unspecified atom stereocenters. The molecule has 4 amide bonds. The number of carbonyl (C=O) groups excluding carboxylic acids is 4. The molecule has 0 fully saturated rings. The van der Waals surface area contributed by atoms with Crippen molar-refractivity contribution in [3.05, 3.63) is 56.3 Å². The average Bonchev–Trinajstić information content (AvgIpc) is 4.30. The van der Waals surface area contributed by atoms with Gasteiger partial charge in [-0.2, -0.15) is 0 Å². The van der Waals surface area contributed by atoms with Crippen LogP contribution in [0.1, 0.15) is 221 Å². The smallest absolute Gasteiger partial charge is 0.263 e. The van der Waals surface area contributed by atoms with Crippen LogP contribution >= 0.6 is 79.4 Å². The van der Waals surface area contributed by atoms with Crippen LogP contribution in [0.15, 0.2) is 24.3 Å². The van der Waals surface area contributed by atoms with Crippen molar-refractivity contribution in [1.29, 1.82) is 0 Å². The third kappa shape index (κ3) is 10.4. The molecule has 0 bridgehead atoms. The van der Waals surface area contributed by atoms with Crippen molar-refractivity contribution in [3.63, 3.8) is 0 Å². The normalized spacial score (nSPS) is 16.9. The number of imide groups is 2. The Morgan fingerprint density at radius 1 is 0.421 bits per heavy atom. The van der Waals surface area contributed by atoms with Crippen LogP contribution in [0.4, 0.5) is 0 Å². The van der Waals surface area contributed by atoms with E-state index >= 15 is 4.79 Å². The van der Waals surface area contributed by atoms with Gasteiger partial charge in [-0.15, -0.1) is 79.4 Å². The van der Waals surface area contributed by atoms with Gasteiger partial charge in [-0.25, -0.2) is 0 Å². The second-order valence-electron chi connectivity index (χ2n) is 22.3. The number of thiophene rings is 7. The third-order valence-corrected chi connectivity index (χ3v) is 31.7. The summed E-state index contributed by atoms with van der Waals surface area (Å²) in [5.41, 5.74) is 2.40. The summed E-state index contributed by atoms with van der Waals surface area (Å²) in [5, 5.41) is 3.30. The van der Waals surface area contributed by atoms with Gasteiger partial charge >= 0.3 is 0 Å². The zero-order valence-corrected chi connectivity index (χ0v) is 53.0. The minimum Gasteiger partial charge on any atom is -0.274 e. The first-order valence-electron chi connectivity index (χ1n) is 29.2. The molecule has 3 aliphatic heterocycles. The monoisotopic (exact) mass is 1170 g/mol. The highest BCUT2D eigenvalue weighted by Gasteiger charge is 2.51. The van der Waals surface area contributed by atoms with Crippen LogP contribution in [0, 0.1) is 25.7 Å². The van der Waals surface area contributed by atoms with Crippen molar-refractivity contribution < 1.29 is 19.2 Å². The molecular formula is C62H78N2O4S7Si. The van der Waals surface area contributed by atoms with Gasteiger partial charge in [0.15, 0.2) is 0 Å². The lowest BCUT2D eigenvalue weighted by Crippen LogP contribution is -2.56. The number of nitrogens with zero attached hydrogens (tertiary/aromatic N) is 2. The van der Waals surface area contributed by atoms with Crippen molar-refractivity contribution in [3.8, 4) is 39.0 Å². The summed E-state index contributed by atoms with van der Waals surface area (Å²) in [6.07, 6.45) is 23.2. The minimum atomic E-state index is -2.25. The summed E-state index contributed by atoms with van der Waals surface area (Å²) in [4.78, 5) is 72.3. The Balaban J connectivity index is 1.04. The van der Waals surface area contributed by atoms with Gasteiger partial charge in [0.05, 0.1) is 46.3 Å². The molecule has 0 spiro atoms. The minimum absolute atomic E-state index is 0.118. The van der Waals surface area contributed by atoms with Crippen LogP contribution in [-0.2, 0) is 0 Å². The largest absolute Gasteiger partial charge is 0.274 e. The Morgan fingerprint density at radius 2 is 0.842 bits per heavy atom. The van der Waals surface area contributed by atoms with Gasteiger partial charge in [-0.3, -0.25) is 29.0 Å². The van der Waals surface area contributed by atoms with Gasteiger partial charge in [0.25, 0.3) is 23.6 Å². The van der Waals surface area contributed by atoms with Gasteiger partial charge in [-0.1, -0.05) is 157 Å². The second kappa shape index (κ2) is 24.3.